The Labute approximate surface area is 108 Å². The van der Waals surface area contributed by atoms with Crippen molar-refractivity contribution in [2.24, 2.45) is 11.1 Å². The molecule has 1 fully saturated rings. The fourth-order valence-electron chi connectivity index (χ4n) is 2.75. The van der Waals surface area contributed by atoms with Gasteiger partial charge in [0.05, 0.1) is 5.41 Å². The SMILES string of the molecule is CN(C(=O)C1(CN)CCCCC1)c1ccccn1. The van der Waals surface area contributed by atoms with Crippen LogP contribution in [0.25, 0.3) is 0 Å². The monoisotopic (exact) mass is 247 g/mol. The van der Waals surface area contributed by atoms with Gasteiger partial charge in [0.1, 0.15) is 5.82 Å². The van der Waals surface area contributed by atoms with Crippen molar-refractivity contribution in [3.8, 4) is 0 Å². The highest BCUT2D eigenvalue weighted by Crippen LogP contribution is 2.37. The molecule has 1 saturated carbocycles. The van der Waals surface area contributed by atoms with E-state index in [1.165, 1.54) is 6.42 Å². The van der Waals surface area contributed by atoms with Crippen LogP contribution < -0.4 is 10.6 Å². The summed E-state index contributed by atoms with van der Waals surface area (Å²) in [5.74, 6) is 0.810. The number of anilines is 1. The van der Waals surface area contributed by atoms with E-state index < -0.39 is 0 Å². The van der Waals surface area contributed by atoms with Gasteiger partial charge in [-0.15, -0.1) is 0 Å². The largest absolute Gasteiger partial charge is 0.329 e. The predicted molar refractivity (Wildman–Crippen MR) is 72.2 cm³/mol. The van der Waals surface area contributed by atoms with Gasteiger partial charge in [0.25, 0.3) is 0 Å². The molecule has 98 valence electrons. The van der Waals surface area contributed by atoms with Gasteiger partial charge in [0.15, 0.2) is 0 Å². The topological polar surface area (TPSA) is 59.2 Å². The standard InChI is InChI=1S/C14H21N3O/c1-17(12-7-3-6-10-16-12)13(18)14(11-15)8-4-2-5-9-14/h3,6-7,10H,2,4-5,8-9,11,15H2,1H3. The van der Waals surface area contributed by atoms with Crippen LogP contribution >= 0.6 is 0 Å². The number of carbonyl (C=O) groups excluding carboxylic acids is 1. The first-order chi connectivity index (χ1) is 8.69. The summed E-state index contributed by atoms with van der Waals surface area (Å²) in [7, 11) is 1.79. The molecule has 0 saturated heterocycles. The molecule has 0 atom stereocenters. The van der Waals surface area contributed by atoms with Crippen LogP contribution in [-0.2, 0) is 4.79 Å². The van der Waals surface area contributed by atoms with Crippen molar-refractivity contribution in [2.45, 2.75) is 32.1 Å². The van der Waals surface area contributed by atoms with Crippen molar-refractivity contribution < 1.29 is 4.79 Å². The summed E-state index contributed by atoms with van der Waals surface area (Å²) < 4.78 is 0. The van der Waals surface area contributed by atoms with Gasteiger partial charge in [0.2, 0.25) is 5.91 Å². The first kappa shape index (κ1) is 13.0. The average molecular weight is 247 g/mol. The molecule has 4 nitrogen and oxygen atoms in total. The smallest absolute Gasteiger partial charge is 0.235 e. The zero-order valence-electron chi connectivity index (χ0n) is 10.9. The maximum Gasteiger partial charge on any atom is 0.235 e. The average Bonchev–Trinajstić information content (AvgIpc) is 2.47. The molecule has 0 unspecified atom stereocenters. The number of amides is 1. The second kappa shape index (κ2) is 5.48. The van der Waals surface area contributed by atoms with Gasteiger partial charge in [-0.2, -0.15) is 0 Å². The van der Waals surface area contributed by atoms with E-state index in [4.69, 9.17) is 5.73 Å². The molecular weight excluding hydrogens is 226 g/mol. The Balaban J connectivity index is 2.19. The lowest BCUT2D eigenvalue weighted by Gasteiger charge is -2.37. The highest BCUT2D eigenvalue weighted by molar-refractivity contribution is 5.96. The van der Waals surface area contributed by atoms with Gasteiger partial charge < -0.3 is 5.73 Å². The molecule has 0 aliphatic heterocycles. The second-order valence-electron chi connectivity index (χ2n) is 5.10. The molecule has 1 amide bonds. The summed E-state index contributed by atoms with van der Waals surface area (Å²) in [4.78, 5) is 18.5. The molecule has 18 heavy (non-hydrogen) atoms. The van der Waals surface area contributed by atoms with Crippen molar-refractivity contribution in [1.29, 1.82) is 0 Å². The summed E-state index contributed by atoms with van der Waals surface area (Å²) in [6, 6.07) is 5.59. The number of nitrogens with two attached hydrogens (primary N) is 1. The van der Waals surface area contributed by atoms with Crippen LogP contribution in [0.1, 0.15) is 32.1 Å². The van der Waals surface area contributed by atoms with Crippen LogP contribution in [0.4, 0.5) is 5.82 Å². The van der Waals surface area contributed by atoms with Gasteiger partial charge >= 0.3 is 0 Å². The number of aromatic nitrogens is 1. The van der Waals surface area contributed by atoms with Gasteiger partial charge in [-0.3, -0.25) is 9.69 Å². The van der Waals surface area contributed by atoms with E-state index in [1.54, 1.807) is 18.1 Å². The molecule has 0 radical (unpaired) electrons. The van der Waals surface area contributed by atoms with Crippen molar-refractivity contribution in [3.05, 3.63) is 24.4 Å². The van der Waals surface area contributed by atoms with E-state index in [9.17, 15) is 4.79 Å². The van der Waals surface area contributed by atoms with E-state index >= 15 is 0 Å². The Hall–Kier alpha value is -1.42. The van der Waals surface area contributed by atoms with Gasteiger partial charge in [0, 0.05) is 19.8 Å². The molecule has 1 aliphatic carbocycles. The predicted octanol–water partition coefficient (Wildman–Crippen LogP) is 1.95. The Morgan fingerprint density at radius 2 is 2.11 bits per heavy atom. The third kappa shape index (κ3) is 2.38. The molecule has 1 aliphatic rings. The van der Waals surface area contributed by atoms with Crippen LogP contribution in [0.3, 0.4) is 0 Å². The highest BCUT2D eigenvalue weighted by Gasteiger charge is 2.40. The maximum absolute atomic E-state index is 12.7. The lowest BCUT2D eigenvalue weighted by atomic mass is 9.73. The van der Waals surface area contributed by atoms with E-state index in [0.717, 1.165) is 25.7 Å². The fraction of sp³-hybridized carbons (Fsp3) is 0.571. The number of pyridine rings is 1. The minimum atomic E-state index is -0.371. The molecule has 4 heteroatoms. The molecule has 1 aromatic heterocycles. The van der Waals surface area contributed by atoms with Gasteiger partial charge in [-0.25, -0.2) is 4.98 Å². The summed E-state index contributed by atoms with van der Waals surface area (Å²) in [6.45, 7) is 0.434. The number of nitrogens with zero attached hydrogens (tertiary/aromatic N) is 2. The first-order valence-corrected chi connectivity index (χ1v) is 6.59. The minimum Gasteiger partial charge on any atom is -0.329 e. The lowest BCUT2D eigenvalue weighted by Crippen LogP contribution is -2.48. The van der Waals surface area contributed by atoms with Crippen LogP contribution in [0.2, 0.25) is 0 Å². The number of rotatable bonds is 3. The number of hydrogen-bond acceptors (Lipinski definition) is 3. The Morgan fingerprint density at radius 3 is 2.67 bits per heavy atom. The van der Waals surface area contributed by atoms with Crippen molar-refractivity contribution in [1.82, 2.24) is 4.98 Å². The normalized spacial score (nSPS) is 18.3. The number of carbonyl (C=O) groups is 1. The molecule has 2 rings (SSSR count). The molecule has 1 aromatic rings. The van der Waals surface area contributed by atoms with Gasteiger partial charge in [-0.05, 0) is 25.0 Å². The third-order valence-corrected chi connectivity index (χ3v) is 3.95. The summed E-state index contributed by atoms with van der Waals surface area (Å²) in [5, 5.41) is 0. The number of hydrogen-bond donors (Lipinski definition) is 1. The van der Waals surface area contributed by atoms with Crippen LogP contribution in [0.5, 0.6) is 0 Å². The lowest BCUT2D eigenvalue weighted by molar-refractivity contribution is -0.129. The van der Waals surface area contributed by atoms with E-state index in [1.807, 2.05) is 18.2 Å². The first-order valence-electron chi connectivity index (χ1n) is 6.59. The zero-order valence-corrected chi connectivity index (χ0v) is 10.9. The fourth-order valence-corrected chi connectivity index (χ4v) is 2.75. The van der Waals surface area contributed by atoms with Crippen molar-refractivity contribution >= 4 is 11.7 Å². The van der Waals surface area contributed by atoms with E-state index in [0.29, 0.717) is 12.4 Å². The zero-order chi connectivity index (χ0) is 13.0. The summed E-state index contributed by atoms with van der Waals surface area (Å²) >= 11 is 0. The van der Waals surface area contributed by atoms with E-state index in [2.05, 4.69) is 4.98 Å². The highest BCUT2D eigenvalue weighted by atomic mass is 16.2. The molecule has 0 spiro atoms. The molecule has 0 aromatic carbocycles. The molecule has 1 heterocycles. The Morgan fingerprint density at radius 1 is 1.39 bits per heavy atom. The second-order valence-corrected chi connectivity index (χ2v) is 5.10. The van der Waals surface area contributed by atoms with Crippen molar-refractivity contribution in [2.75, 3.05) is 18.5 Å². The maximum atomic E-state index is 12.7. The molecule has 2 N–H and O–H groups in total. The van der Waals surface area contributed by atoms with Crippen LogP contribution in [-0.4, -0.2) is 24.5 Å². The minimum absolute atomic E-state index is 0.114. The Bertz CT molecular complexity index is 399. The third-order valence-electron chi connectivity index (χ3n) is 3.95. The molecule has 0 bridgehead atoms. The Kier molecular flexibility index (Phi) is 3.97. The van der Waals surface area contributed by atoms with Crippen molar-refractivity contribution in [3.63, 3.8) is 0 Å². The summed E-state index contributed by atoms with van der Waals surface area (Å²) in [6.07, 6.45) is 6.91. The quantitative estimate of drug-likeness (QED) is 0.888. The molecular formula is C14H21N3O. The summed E-state index contributed by atoms with van der Waals surface area (Å²) in [5.41, 5.74) is 5.52. The van der Waals surface area contributed by atoms with Crippen LogP contribution in [0, 0.1) is 5.41 Å². The van der Waals surface area contributed by atoms with Gasteiger partial charge in [-0.1, -0.05) is 25.3 Å². The van der Waals surface area contributed by atoms with Crippen LogP contribution in [0.15, 0.2) is 24.4 Å². The van der Waals surface area contributed by atoms with E-state index in [-0.39, 0.29) is 11.3 Å².